The van der Waals surface area contributed by atoms with Crippen molar-refractivity contribution in [2.75, 3.05) is 13.2 Å². The monoisotopic (exact) mass is 384 g/mol. The largest absolute Gasteiger partial charge is 0.389 e. The van der Waals surface area contributed by atoms with Gasteiger partial charge in [-0.3, -0.25) is 9.69 Å². The summed E-state index contributed by atoms with van der Waals surface area (Å²) in [4.78, 5) is 26.5. The third-order valence-electron chi connectivity index (χ3n) is 5.34. The second-order valence-corrected chi connectivity index (χ2v) is 7.17. The van der Waals surface area contributed by atoms with Gasteiger partial charge in [0, 0.05) is 5.56 Å². The summed E-state index contributed by atoms with van der Waals surface area (Å²) in [5.41, 5.74) is 1.21. The minimum Gasteiger partial charge on any atom is -0.389 e. The van der Waals surface area contributed by atoms with E-state index in [1.165, 1.54) is 6.07 Å². The fourth-order valence-corrected chi connectivity index (χ4v) is 3.94. The summed E-state index contributed by atoms with van der Waals surface area (Å²) in [6.45, 7) is -0.290. The van der Waals surface area contributed by atoms with Gasteiger partial charge in [-0.1, -0.05) is 42.5 Å². The van der Waals surface area contributed by atoms with Gasteiger partial charge >= 0.3 is 6.03 Å². The summed E-state index contributed by atoms with van der Waals surface area (Å²) in [5.74, 6) is -0.733. The Labute approximate surface area is 161 Å². The van der Waals surface area contributed by atoms with Gasteiger partial charge in [-0.05, 0) is 30.0 Å². The first-order valence-corrected chi connectivity index (χ1v) is 9.23. The first kappa shape index (κ1) is 18.6. The van der Waals surface area contributed by atoms with E-state index in [2.05, 4.69) is 5.32 Å². The number of nitrogens with one attached hydrogen (secondary N) is 1. The Balaban J connectivity index is 1.38. The standard InChI is InChI=1S/C21H21FN2O4/c22-18-8-4-2-6-15(18)12-28-13-16(25)11-24-19(26)21(23-20(24)27)10-9-14-5-1-3-7-17(14)21/h1-8,16,25H,9-13H2,(H,23,27)/t16-,21+/m1/s1. The number of nitrogens with zero attached hydrogens (tertiary/aromatic N) is 1. The predicted octanol–water partition coefficient (Wildman–Crippen LogP) is 2.10. The number of ether oxygens (including phenoxy) is 1. The van der Waals surface area contributed by atoms with Crippen LogP contribution >= 0.6 is 0 Å². The first-order chi connectivity index (χ1) is 13.5. The smallest absolute Gasteiger partial charge is 0.325 e. The van der Waals surface area contributed by atoms with Crippen molar-refractivity contribution in [2.24, 2.45) is 0 Å². The Hall–Kier alpha value is -2.77. The number of aliphatic hydroxyl groups is 1. The highest BCUT2D eigenvalue weighted by Gasteiger charge is 2.55. The molecular formula is C21H21FN2O4. The lowest BCUT2D eigenvalue weighted by Gasteiger charge is -2.23. The molecule has 28 heavy (non-hydrogen) atoms. The molecule has 2 aliphatic rings. The van der Waals surface area contributed by atoms with Crippen LogP contribution in [-0.2, 0) is 28.1 Å². The van der Waals surface area contributed by atoms with Crippen LogP contribution in [0.3, 0.4) is 0 Å². The molecule has 1 saturated heterocycles. The molecule has 0 radical (unpaired) electrons. The van der Waals surface area contributed by atoms with Crippen LogP contribution in [0.5, 0.6) is 0 Å². The van der Waals surface area contributed by atoms with Gasteiger partial charge in [0.15, 0.2) is 0 Å². The van der Waals surface area contributed by atoms with E-state index in [0.29, 0.717) is 18.4 Å². The molecule has 0 bridgehead atoms. The fourth-order valence-electron chi connectivity index (χ4n) is 3.94. The Morgan fingerprint density at radius 3 is 2.75 bits per heavy atom. The number of benzene rings is 2. The number of amides is 3. The normalized spacial score (nSPS) is 21.9. The van der Waals surface area contributed by atoms with Crippen molar-refractivity contribution in [3.05, 3.63) is 71.0 Å². The highest BCUT2D eigenvalue weighted by molar-refractivity contribution is 6.08. The summed E-state index contributed by atoms with van der Waals surface area (Å²) in [6, 6.07) is 13.3. The van der Waals surface area contributed by atoms with Gasteiger partial charge in [0.05, 0.1) is 25.9 Å². The minimum atomic E-state index is -1.06. The molecule has 1 fully saturated rings. The van der Waals surface area contributed by atoms with E-state index in [4.69, 9.17) is 4.74 Å². The van der Waals surface area contributed by atoms with E-state index < -0.39 is 17.7 Å². The van der Waals surface area contributed by atoms with Crippen molar-refractivity contribution in [1.29, 1.82) is 0 Å². The molecule has 0 aromatic heterocycles. The number of imide groups is 1. The lowest BCUT2D eigenvalue weighted by molar-refractivity contribution is -0.133. The van der Waals surface area contributed by atoms with Crippen molar-refractivity contribution in [2.45, 2.75) is 31.1 Å². The third-order valence-corrected chi connectivity index (χ3v) is 5.34. The maximum Gasteiger partial charge on any atom is 0.325 e. The Kier molecular flexibility index (Phi) is 4.87. The Morgan fingerprint density at radius 2 is 1.93 bits per heavy atom. The number of urea groups is 1. The molecule has 146 valence electrons. The topological polar surface area (TPSA) is 78.9 Å². The molecule has 1 aliphatic carbocycles. The maximum absolute atomic E-state index is 13.6. The molecule has 1 spiro atoms. The van der Waals surface area contributed by atoms with Gasteiger partial charge in [-0.15, -0.1) is 0 Å². The Bertz CT molecular complexity index is 919. The molecule has 1 aliphatic heterocycles. The van der Waals surface area contributed by atoms with E-state index in [9.17, 15) is 19.1 Å². The molecule has 2 N–H and O–H groups in total. The van der Waals surface area contributed by atoms with E-state index in [0.717, 1.165) is 16.0 Å². The van der Waals surface area contributed by atoms with Gasteiger partial charge in [0.2, 0.25) is 0 Å². The number of fused-ring (bicyclic) bond motifs is 2. The average Bonchev–Trinajstić information content (AvgIpc) is 3.17. The van der Waals surface area contributed by atoms with Crippen LogP contribution in [0, 0.1) is 5.82 Å². The number of aryl methyl sites for hydroxylation is 1. The molecule has 4 rings (SSSR count). The van der Waals surface area contributed by atoms with Gasteiger partial charge in [-0.25, -0.2) is 9.18 Å². The second kappa shape index (κ2) is 7.33. The van der Waals surface area contributed by atoms with Crippen molar-refractivity contribution in [1.82, 2.24) is 10.2 Å². The number of carbonyl (C=O) groups excluding carboxylic acids is 2. The number of rotatable bonds is 6. The zero-order valence-corrected chi connectivity index (χ0v) is 15.2. The Morgan fingerprint density at radius 1 is 1.18 bits per heavy atom. The third kappa shape index (κ3) is 3.16. The summed E-state index contributed by atoms with van der Waals surface area (Å²) in [7, 11) is 0. The van der Waals surface area contributed by atoms with Gasteiger partial charge < -0.3 is 15.2 Å². The van der Waals surface area contributed by atoms with Crippen molar-refractivity contribution >= 4 is 11.9 Å². The fraction of sp³-hybridized carbons (Fsp3) is 0.333. The zero-order chi connectivity index (χ0) is 19.7. The molecule has 2 atom stereocenters. The van der Waals surface area contributed by atoms with Crippen molar-refractivity contribution in [3.8, 4) is 0 Å². The summed E-state index contributed by atoms with van der Waals surface area (Å²) in [6.07, 6.45) is 0.158. The molecule has 1 heterocycles. The minimum absolute atomic E-state index is 0.00118. The lowest BCUT2D eigenvalue weighted by Crippen LogP contribution is -2.43. The number of hydrogen-bond donors (Lipinski definition) is 2. The summed E-state index contributed by atoms with van der Waals surface area (Å²) < 4.78 is 18.9. The molecule has 2 aromatic carbocycles. The highest BCUT2D eigenvalue weighted by Crippen LogP contribution is 2.41. The number of carbonyl (C=O) groups is 2. The molecule has 0 unspecified atom stereocenters. The van der Waals surface area contributed by atoms with Crippen molar-refractivity contribution in [3.63, 3.8) is 0 Å². The highest BCUT2D eigenvalue weighted by atomic mass is 19.1. The maximum atomic E-state index is 13.6. The van der Waals surface area contributed by atoms with Gasteiger partial charge in [0.1, 0.15) is 11.4 Å². The van der Waals surface area contributed by atoms with Crippen LogP contribution in [0.4, 0.5) is 9.18 Å². The van der Waals surface area contributed by atoms with Crippen LogP contribution in [0.25, 0.3) is 0 Å². The van der Waals surface area contributed by atoms with E-state index in [-0.39, 0.29) is 31.5 Å². The molecule has 2 aromatic rings. The van der Waals surface area contributed by atoms with Crippen molar-refractivity contribution < 1.29 is 23.8 Å². The van der Waals surface area contributed by atoms with Crippen LogP contribution in [0.1, 0.15) is 23.1 Å². The number of halogens is 1. The SMILES string of the molecule is O=C1N[C@]2(CCc3ccccc32)C(=O)N1C[C@@H](O)COCc1ccccc1F. The van der Waals surface area contributed by atoms with Crippen LogP contribution in [0.2, 0.25) is 0 Å². The second-order valence-electron chi connectivity index (χ2n) is 7.17. The van der Waals surface area contributed by atoms with Crippen LogP contribution in [0.15, 0.2) is 48.5 Å². The molecule has 6 nitrogen and oxygen atoms in total. The van der Waals surface area contributed by atoms with E-state index >= 15 is 0 Å². The predicted molar refractivity (Wildman–Crippen MR) is 98.7 cm³/mol. The summed E-state index contributed by atoms with van der Waals surface area (Å²) in [5, 5.41) is 13.0. The first-order valence-electron chi connectivity index (χ1n) is 9.23. The number of aliphatic hydroxyl groups excluding tert-OH is 1. The molecule has 0 saturated carbocycles. The lowest BCUT2D eigenvalue weighted by atomic mass is 9.92. The molecule has 7 heteroatoms. The quantitative estimate of drug-likeness (QED) is 0.748. The molecular weight excluding hydrogens is 363 g/mol. The van der Waals surface area contributed by atoms with E-state index in [1.54, 1.807) is 18.2 Å². The van der Waals surface area contributed by atoms with Gasteiger partial charge in [-0.2, -0.15) is 0 Å². The number of β-amino-alcohol motifs (C(OH)–C–C–N with tert-alkyl or cyclic N) is 1. The van der Waals surface area contributed by atoms with Crippen LogP contribution in [-0.4, -0.2) is 41.2 Å². The average molecular weight is 384 g/mol. The summed E-state index contributed by atoms with van der Waals surface area (Å²) >= 11 is 0. The number of hydrogen-bond acceptors (Lipinski definition) is 4. The van der Waals surface area contributed by atoms with Crippen LogP contribution < -0.4 is 5.32 Å². The molecule has 3 amide bonds. The van der Waals surface area contributed by atoms with Gasteiger partial charge in [0.25, 0.3) is 5.91 Å². The van der Waals surface area contributed by atoms with E-state index in [1.807, 2.05) is 24.3 Å². The zero-order valence-electron chi connectivity index (χ0n) is 15.2.